The van der Waals surface area contributed by atoms with Gasteiger partial charge in [0, 0.05) is 24.7 Å². The summed E-state index contributed by atoms with van der Waals surface area (Å²) in [6, 6.07) is 12.1. The van der Waals surface area contributed by atoms with Gasteiger partial charge in [0.1, 0.15) is 5.82 Å². The summed E-state index contributed by atoms with van der Waals surface area (Å²) in [7, 11) is 3.31. The fourth-order valence-electron chi connectivity index (χ4n) is 2.12. The van der Waals surface area contributed by atoms with Crippen LogP contribution in [0.4, 0.5) is 10.1 Å². The average Bonchev–Trinajstić information content (AvgIpc) is 2.66. The van der Waals surface area contributed by atoms with Crippen LogP contribution >= 0.6 is 11.8 Å². The summed E-state index contributed by atoms with van der Waals surface area (Å²) >= 11 is 1.22. The number of nitrogens with zero attached hydrogens (tertiary/aromatic N) is 1. The molecule has 0 aliphatic heterocycles. The molecule has 0 radical (unpaired) electrons. The molecule has 0 aliphatic rings. The van der Waals surface area contributed by atoms with Crippen LogP contribution in [0.5, 0.6) is 0 Å². The lowest BCUT2D eigenvalue weighted by molar-refractivity contribution is -0.126. The second-order valence-corrected chi connectivity index (χ2v) is 7.14. The number of nitrogens with one attached hydrogen (secondary N) is 1. The summed E-state index contributed by atoms with van der Waals surface area (Å²) in [5.74, 6) is -1.65. The van der Waals surface area contributed by atoms with Crippen LogP contribution in [0.25, 0.3) is 0 Å². The molecule has 6 nitrogen and oxygen atoms in total. The Hall–Kier alpha value is -2.87. The van der Waals surface area contributed by atoms with E-state index >= 15 is 0 Å². The van der Waals surface area contributed by atoms with Gasteiger partial charge in [-0.1, -0.05) is 18.2 Å². The van der Waals surface area contributed by atoms with E-state index in [1.165, 1.54) is 47.9 Å². The van der Waals surface area contributed by atoms with E-state index in [-0.39, 0.29) is 22.9 Å². The Morgan fingerprint density at radius 3 is 2.54 bits per heavy atom. The molecule has 1 atom stereocenters. The van der Waals surface area contributed by atoms with Crippen molar-refractivity contribution in [2.45, 2.75) is 17.9 Å². The van der Waals surface area contributed by atoms with E-state index in [1.807, 2.05) is 0 Å². The molecule has 28 heavy (non-hydrogen) atoms. The minimum absolute atomic E-state index is 0.0870. The van der Waals surface area contributed by atoms with E-state index in [2.05, 4.69) is 5.32 Å². The van der Waals surface area contributed by atoms with Crippen molar-refractivity contribution >= 4 is 35.2 Å². The molecular formula is C20H21FN2O4S. The predicted molar refractivity (Wildman–Crippen MR) is 106 cm³/mol. The van der Waals surface area contributed by atoms with E-state index in [0.29, 0.717) is 4.90 Å². The lowest BCUT2D eigenvalue weighted by atomic mass is 10.2. The van der Waals surface area contributed by atoms with Gasteiger partial charge in [-0.25, -0.2) is 9.18 Å². The fraction of sp³-hybridized carbons (Fsp3) is 0.250. The highest BCUT2D eigenvalue weighted by Gasteiger charge is 2.21. The molecule has 1 N–H and O–H groups in total. The van der Waals surface area contributed by atoms with Crippen molar-refractivity contribution < 1.29 is 23.5 Å². The molecule has 0 bridgehead atoms. The van der Waals surface area contributed by atoms with Crippen LogP contribution in [-0.4, -0.2) is 48.6 Å². The van der Waals surface area contributed by atoms with Crippen LogP contribution in [0, 0.1) is 5.82 Å². The molecule has 0 heterocycles. The van der Waals surface area contributed by atoms with E-state index < -0.39 is 23.8 Å². The Morgan fingerprint density at radius 1 is 1.14 bits per heavy atom. The van der Waals surface area contributed by atoms with Crippen molar-refractivity contribution in [1.29, 1.82) is 0 Å². The van der Waals surface area contributed by atoms with Gasteiger partial charge in [0.2, 0.25) is 5.91 Å². The molecule has 2 amide bonds. The van der Waals surface area contributed by atoms with Crippen molar-refractivity contribution in [3.05, 3.63) is 59.9 Å². The number of hydrogen-bond donors (Lipinski definition) is 1. The topological polar surface area (TPSA) is 75.7 Å². The molecule has 0 spiro atoms. The summed E-state index contributed by atoms with van der Waals surface area (Å²) in [6.45, 7) is 1.43. The number of esters is 1. The molecule has 0 aromatic heterocycles. The van der Waals surface area contributed by atoms with Crippen molar-refractivity contribution in [2.24, 2.45) is 0 Å². The quantitative estimate of drug-likeness (QED) is 0.567. The highest BCUT2D eigenvalue weighted by Crippen LogP contribution is 2.24. The Kier molecular flexibility index (Phi) is 7.57. The van der Waals surface area contributed by atoms with Crippen LogP contribution in [-0.2, 0) is 14.3 Å². The van der Waals surface area contributed by atoms with Gasteiger partial charge in [-0.15, -0.1) is 11.8 Å². The van der Waals surface area contributed by atoms with E-state index in [1.54, 1.807) is 38.4 Å². The number of hydrogen-bond acceptors (Lipinski definition) is 5. The van der Waals surface area contributed by atoms with E-state index in [0.717, 1.165) is 0 Å². The van der Waals surface area contributed by atoms with Crippen molar-refractivity contribution in [1.82, 2.24) is 4.90 Å². The largest absolute Gasteiger partial charge is 0.449 e. The Labute approximate surface area is 167 Å². The third-order valence-electron chi connectivity index (χ3n) is 3.70. The van der Waals surface area contributed by atoms with Crippen molar-refractivity contribution in [3.63, 3.8) is 0 Å². The molecule has 2 aromatic rings. The molecule has 8 heteroatoms. The highest BCUT2D eigenvalue weighted by atomic mass is 32.2. The first-order chi connectivity index (χ1) is 13.3. The monoisotopic (exact) mass is 404 g/mol. The van der Waals surface area contributed by atoms with Gasteiger partial charge in [-0.2, -0.15) is 0 Å². The molecule has 0 saturated carbocycles. The molecule has 0 saturated heterocycles. The minimum atomic E-state index is -1.09. The number of carbonyl (C=O) groups excluding carboxylic acids is 3. The van der Waals surface area contributed by atoms with Crippen molar-refractivity contribution in [2.75, 3.05) is 25.2 Å². The van der Waals surface area contributed by atoms with E-state index in [9.17, 15) is 18.8 Å². The predicted octanol–water partition coefficient (Wildman–Crippen LogP) is 3.19. The van der Waals surface area contributed by atoms with Gasteiger partial charge in [-0.05, 0) is 37.3 Å². The number of benzene rings is 2. The third kappa shape index (κ3) is 6.09. The summed E-state index contributed by atoms with van der Waals surface area (Å²) in [5.41, 5.74) is 0.538. The van der Waals surface area contributed by atoms with Crippen LogP contribution in [0.15, 0.2) is 53.4 Å². The van der Waals surface area contributed by atoms with Crippen LogP contribution in [0.1, 0.15) is 17.3 Å². The maximum Gasteiger partial charge on any atom is 0.340 e. The fourth-order valence-corrected chi connectivity index (χ4v) is 3.14. The first-order valence-electron chi connectivity index (χ1n) is 8.47. The number of anilines is 1. The number of thioether (sulfide) groups is 1. The number of halogens is 1. The molecule has 2 rings (SSSR count). The number of carbonyl (C=O) groups is 3. The maximum atomic E-state index is 13.2. The molecule has 0 aliphatic carbocycles. The lowest BCUT2D eigenvalue weighted by Gasteiger charge is -2.15. The SMILES string of the molecule is C[C@@H](OC(=O)c1ccccc1SCC(=O)N(C)C)C(=O)Nc1cccc(F)c1. The van der Waals surface area contributed by atoms with Crippen LogP contribution in [0.3, 0.4) is 0 Å². The minimum Gasteiger partial charge on any atom is -0.449 e. The second-order valence-electron chi connectivity index (χ2n) is 6.12. The summed E-state index contributed by atoms with van der Waals surface area (Å²) < 4.78 is 18.5. The second kappa shape index (κ2) is 9.89. The Bertz CT molecular complexity index is 873. The Balaban J connectivity index is 2.01. The zero-order chi connectivity index (χ0) is 20.7. The van der Waals surface area contributed by atoms with Crippen LogP contribution < -0.4 is 5.32 Å². The standard InChI is InChI=1S/C20H21FN2O4S/c1-13(19(25)22-15-8-6-7-14(21)11-15)27-20(26)16-9-4-5-10-17(16)28-12-18(24)23(2)3/h4-11,13H,12H2,1-3H3,(H,22,25)/t13-/m1/s1. The molecule has 148 valence electrons. The summed E-state index contributed by atoms with van der Waals surface area (Å²) in [5, 5.41) is 2.49. The van der Waals surface area contributed by atoms with Gasteiger partial charge >= 0.3 is 5.97 Å². The van der Waals surface area contributed by atoms with Gasteiger partial charge in [0.15, 0.2) is 6.10 Å². The Morgan fingerprint density at radius 2 is 1.86 bits per heavy atom. The summed E-state index contributed by atoms with van der Waals surface area (Å²) in [4.78, 5) is 38.5. The third-order valence-corrected chi connectivity index (χ3v) is 4.76. The van der Waals surface area contributed by atoms with Gasteiger partial charge in [0.25, 0.3) is 5.91 Å². The molecule has 0 fully saturated rings. The summed E-state index contributed by atoms with van der Waals surface area (Å²) in [6.07, 6.45) is -1.09. The maximum absolute atomic E-state index is 13.2. The zero-order valence-electron chi connectivity index (χ0n) is 15.8. The van der Waals surface area contributed by atoms with Crippen molar-refractivity contribution in [3.8, 4) is 0 Å². The average molecular weight is 404 g/mol. The number of amides is 2. The van der Waals surface area contributed by atoms with Gasteiger partial charge in [-0.3, -0.25) is 9.59 Å². The van der Waals surface area contributed by atoms with Gasteiger partial charge < -0.3 is 15.0 Å². The van der Waals surface area contributed by atoms with Gasteiger partial charge in [0.05, 0.1) is 11.3 Å². The number of ether oxygens (including phenoxy) is 1. The molecule has 2 aromatic carbocycles. The smallest absolute Gasteiger partial charge is 0.340 e. The first-order valence-corrected chi connectivity index (χ1v) is 9.46. The highest BCUT2D eigenvalue weighted by molar-refractivity contribution is 8.00. The van der Waals surface area contributed by atoms with E-state index in [4.69, 9.17) is 4.74 Å². The lowest BCUT2D eigenvalue weighted by Crippen LogP contribution is -2.30. The number of rotatable bonds is 7. The molecular weight excluding hydrogens is 383 g/mol. The molecule has 0 unspecified atom stereocenters. The first kappa shape index (κ1) is 21.4. The zero-order valence-corrected chi connectivity index (χ0v) is 16.6. The van der Waals surface area contributed by atoms with Crippen LogP contribution in [0.2, 0.25) is 0 Å². The normalized spacial score (nSPS) is 11.4.